The van der Waals surface area contributed by atoms with Gasteiger partial charge in [-0.2, -0.15) is 10.5 Å². The molecule has 4 atom stereocenters. The van der Waals surface area contributed by atoms with Gasteiger partial charge in [-0.3, -0.25) is 0 Å². The van der Waals surface area contributed by atoms with Gasteiger partial charge in [0.25, 0.3) is 0 Å². The molecular weight excluding hydrogens is 913 g/mol. The maximum absolute atomic E-state index is 14.2. The van der Waals surface area contributed by atoms with E-state index in [1.807, 2.05) is 12.1 Å². The molecule has 7 N–H and O–H groups in total. The number of hydrogen-bond acceptors (Lipinski definition) is 11. The number of hydrogen-bond donors (Lipinski definition) is 1. The van der Waals surface area contributed by atoms with E-state index in [0.717, 1.165) is 0 Å². The fraction of sp³-hybridized carbons (Fsp3) is 0.364. The van der Waals surface area contributed by atoms with E-state index in [1.54, 1.807) is 88.4 Å². The van der Waals surface area contributed by atoms with Crippen LogP contribution in [0.5, 0.6) is 23.0 Å². The fourth-order valence-electron chi connectivity index (χ4n) is 5.25. The second kappa shape index (κ2) is 32.2. The van der Waals surface area contributed by atoms with Crippen LogP contribution in [0.1, 0.15) is 49.9 Å². The van der Waals surface area contributed by atoms with Crippen LogP contribution in [-0.4, -0.2) is 134 Å². The van der Waals surface area contributed by atoms with E-state index in [0.29, 0.717) is 32.7 Å². The Morgan fingerprint density at radius 1 is 0.641 bits per heavy atom. The van der Waals surface area contributed by atoms with Crippen molar-refractivity contribution in [1.29, 1.82) is 10.5 Å². The van der Waals surface area contributed by atoms with E-state index in [2.05, 4.69) is 0 Å². The number of alkyl halides is 2. The molecule has 0 unspecified atom stereocenters. The molecule has 0 bridgehead atoms. The number of nitrogens with zero attached hydrogens (tertiary/aromatic N) is 2. The summed E-state index contributed by atoms with van der Waals surface area (Å²) in [6.45, 7) is 5.88. The third-order valence-corrected chi connectivity index (χ3v) is 8.35. The zero-order valence-corrected chi connectivity index (χ0v) is 39.2. The third kappa shape index (κ3) is 22.9. The number of carboxylic acid groups (broad SMARTS) is 2. The Morgan fingerprint density at radius 2 is 1.02 bits per heavy atom. The first-order valence-electron chi connectivity index (χ1n) is 18.7. The summed E-state index contributed by atoms with van der Waals surface area (Å²) in [6, 6.07) is 26.3. The molecule has 0 amide bonds. The number of nitriles is 2. The minimum Gasteiger partial charge on any atom is -0.547 e. The van der Waals surface area contributed by atoms with Crippen LogP contribution in [0, 0.1) is 22.7 Å². The molecule has 0 aliphatic rings. The van der Waals surface area contributed by atoms with Crippen LogP contribution >= 0.6 is 23.2 Å². The maximum Gasteiger partial charge on any atom is 2.00 e. The van der Waals surface area contributed by atoms with Crippen LogP contribution in [-0.2, 0) is 31.9 Å². The van der Waals surface area contributed by atoms with Crippen LogP contribution in [0.2, 0.25) is 10.0 Å². The summed E-state index contributed by atoms with van der Waals surface area (Å²) in [5.74, 6) is -1.06. The summed E-state index contributed by atoms with van der Waals surface area (Å²) < 4.78 is 60.7. The number of carbonyl (C=O) groups is 2. The number of carbonyl (C=O) groups excluding carboxylic acids is 1. The van der Waals surface area contributed by atoms with E-state index in [-0.39, 0.29) is 128 Å². The molecular formula is C44H51CaCl2F2N2O13+. The van der Waals surface area contributed by atoms with Crippen molar-refractivity contribution in [2.75, 3.05) is 26.4 Å². The average Bonchev–Trinajstić information content (AvgIpc) is 3.20. The van der Waals surface area contributed by atoms with Gasteiger partial charge in [0.05, 0.1) is 29.3 Å². The number of rotatable bonds is 22. The molecule has 0 heterocycles. The second-order valence-corrected chi connectivity index (χ2v) is 14.5. The van der Waals surface area contributed by atoms with Gasteiger partial charge >= 0.3 is 43.7 Å². The number of carboxylic acids is 2. The van der Waals surface area contributed by atoms with E-state index >= 15 is 0 Å². The SMILES string of the molecule is CC(C)O[C@@H](Cc1cccc(OC[C@H](F)COc2ccc(Cl)cc2C#N)c1)C(=O)O.CC(C)O[C@@H](Cc1cccc(OC[C@H](F)COc2ccc(Cl)cc2C#N)c1)C(=O)[O-].O.O.O.[Ca+2]. The van der Waals surface area contributed by atoms with Crippen molar-refractivity contribution in [3.63, 3.8) is 0 Å². The molecule has 64 heavy (non-hydrogen) atoms. The van der Waals surface area contributed by atoms with Crippen LogP contribution < -0.4 is 24.1 Å². The van der Waals surface area contributed by atoms with Crippen LogP contribution in [0.25, 0.3) is 0 Å². The van der Waals surface area contributed by atoms with Gasteiger partial charge in [0.1, 0.15) is 67.7 Å². The minimum absolute atomic E-state index is 0. The van der Waals surface area contributed by atoms with Gasteiger partial charge in [-0.15, -0.1) is 0 Å². The second-order valence-electron chi connectivity index (χ2n) is 13.7. The first-order chi connectivity index (χ1) is 28.6. The summed E-state index contributed by atoms with van der Waals surface area (Å²) in [6.07, 6.45) is -5.16. The molecule has 0 saturated heterocycles. The number of ether oxygens (including phenoxy) is 6. The molecule has 0 aromatic heterocycles. The summed E-state index contributed by atoms with van der Waals surface area (Å²) in [4.78, 5) is 22.6. The van der Waals surface area contributed by atoms with Gasteiger partial charge in [-0.1, -0.05) is 47.5 Å². The standard InChI is InChI=1S/2C22H23ClFNO5.Ca.3H2O/c2*1-14(2)30-21(22(26)27)9-15-4-3-5-19(8-15)28-12-18(24)13-29-20-7-6-17(23)10-16(20)11-25;;;;/h2*3-8,10,14,18,21H,9,12-13H2,1-2H3,(H,26,27);;3*1H2/q;;+2;;;/p-1/t2*18-,21-;;;;/m00..../s1. The van der Waals surface area contributed by atoms with Crippen LogP contribution in [0.15, 0.2) is 84.9 Å². The average molecular weight is 965 g/mol. The Hall–Kier alpha value is -4.50. The Kier molecular flexibility index (Phi) is 31.0. The Labute approximate surface area is 410 Å². The number of aliphatic carboxylic acids is 2. The first kappa shape index (κ1) is 61.6. The molecule has 4 rings (SSSR count). The largest absolute Gasteiger partial charge is 2.00 e. The monoisotopic (exact) mass is 963 g/mol. The maximum atomic E-state index is 14.2. The van der Waals surface area contributed by atoms with Crippen molar-refractivity contribution in [1.82, 2.24) is 0 Å². The zero-order valence-electron chi connectivity index (χ0n) is 35.5. The molecule has 0 spiro atoms. The van der Waals surface area contributed by atoms with Crippen LogP contribution in [0.4, 0.5) is 8.78 Å². The van der Waals surface area contributed by atoms with E-state index in [4.69, 9.17) is 62.1 Å². The predicted octanol–water partition coefficient (Wildman–Crippen LogP) is 4.67. The molecule has 0 fully saturated rings. The van der Waals surface area contributed by atoms with Gasteiger partial charge in [0, 0.05) is 22.9 Å². The zero-order chi connectivity index (χ0) is 44.2. The summed E-state index contributed by atoms with van der Waals surface area (Å²) in [7, 11) is 0. The predicted molar refractivity (Wildman–Crippen MR) is 234 cm³/mol. The van der Waals surface area contributed by atoms with Crippen molar-refractivity contribution in [2.45, 2.75) is 77.3 Å². The first-order valence-corrected chi connectivity index (χ1v) is 19.4. The Bertz CT molecular complexity index is 1960. The van der Waals surface area contributed by atoms with E-state index in [9.17, 15) is 28.6 Å². The Morgan fingerprint density at radius 3 is 1.38 bits per heavy atom. The van der Waals surface area contributed by atoms with Crippen molar-refractivity contribution in [3.05, 3.63) is 117 Å². The molecule has 20 heteroatoms. The molecule has 0 radical (unpaired) electrons. The third-order valence-electron chi connectivity index (χ3n) is 7.88. The smallest absolute Gasteiger partial charge is 0.547 e. The normalized spacial score (nSPS) is 12.0. The summed E-state index contributed by atoms with van der Waals surface area (Å²) >= 11 is 11.6. The van der Waals surface area contributed by atoms with Gasteiger partial charge < -0.3 is 59.9 Å². The molecule has 0 aliphatic carbocycles. The minimum atomic E-state index is -1.45. The van der Waals surface area contributed by atoms with Crippen LogP contribution in [0.3, 0.4) is 0 Å². The Balaban J connectivity index is 0. The fourth-order valence-corrected chi connectivity index (χ4v) is 5.60. The van der Waals surface area contributed by atoms with Crippen molar-refractivity contribution < 1.29 is 73.4 Å². The quantitative estimate of drug-likeness (QED) is 0.105. The molecule has 344 valence electrons. The molecule has 4 aromatic rings. The molecule has 0 saturated carbocycles. The van der Waals surface area contributed by atoms with E-state index in [1.165, 1.54) is 24.3 Å². The molecule has 0 aliphatic heterocycles. The van der Waals surface area contributed by atoms with Crippen molar-refractivity contribution >= 4 is 72.9 Å². The topological polar surface area (TPSA) is 275 Å². The van der Waals surface area contributed by atoms with Gasteiger partial charge in [0.15, 0.2) is 18.4 Å². The summed E-state index contributed by atoms with van der Waals surface area (Å²) in [5.41, 5.74) is 1.80. The van der Waals surface area contributed by atoms with Crippen molar-refractivity contribution in [3.8, 4) is 35.1 Å². The summed E-state index contributed by atoms with van der Waals surface area (Å²) in [5, 5.41) is 39.5. The van der Waals surface area contributed by atoms with Gasteiger partial charge in [0.2, 0.25) is 0 Å². The molecule has 15 nitrogen and oxygen atoms in total. The molecule has 4 aromatic carbocycles. The van der Waals surface area contributed by atoms with Gasteiger partial charge in [-0.05, 0) is 99.5 Å². The van der Waals surface area contributed by atoms with Crippen molar-refractivity contribution in [2.24, 2.45) is 0 Å². The number of halogens is 4. The number of benzene rings is 4. The van der Waals surface area contributed by atoms with Gasteiger partial charge in [-0.25, -0.2) is 13.6 Å². The van der Waals surface area contributed by atoms with E-state index < -0.39 is 36.5 Å².